The second-order valence-corrected chi connectivity index (χ2v) is 12.6. The van der Waals surface area contributed by atoms with Gasteiger partial charge >= 0.3 is 17.9 Å². The Bertz CT molecular complexity index is 1810. The van der Waals surface area contributed by atoms with Gasteiger partial charge in [0.05, 0.1) is 29.3 Å². The predicted molar refractivity (Wildman–Crippen MR) is 192 cm³/mol. The van der Waals surface area contributed by atoms with Gasteiger partial charge in [-0.25, -0.2) is 19.6 Å². The molecule has 0 atom stereocenters. The third-order valence-corrected chi connectivity index (χ3v) is 8.22. The Morgan fingerprint density at radius 3 is 1.80 bits per heavy atom. The van der Waals surface area contributed by atoms with Crippen molar-refractivity contribution in [3.05, 3.63) is 87.8 Å². The molecule has 4 rings (SSSR count). The number of fused-ring (bicyclic) bond motifs is 2. The quantitative estimate of drug-likeness (QED) is 0.177. The molecule has 0 radical (unpaired) electrons. The Kier molecular flexibility index (Phi) is 15.1. The molecule has 3 N–H and O–H groups in total. The average molecular weight is 695 g/mol. The summed E-state index contributed by atoms with van der Waals surface area (Å²) < 4.78 is 0. The van der Waals surface area contributed by atoms with Crippen LogP contribution < -0.4 is 0 Å². The molecule has 51 heavy (non-hydrogen) atoms. The van der Waals surface area contributed by atoms with Gasteiger partial charge in [0.15, 0.2) is 0 Å². The first-order chi connectivity index (χ1) is 24.6. The molecule has 0 unspecified atom stereocenters. The fourth-order valence-electron chi connectivity index (χ4n) is 5.77. The fraction of sp³-hybridized carbons (Fsp3) is 0.436. The molecule has 1 aliphatic heterocycles. The normalized spacial score (nSPS) is 14.2. The summed E-state index contributed by atoms with van der Waals surface area (Å²) in [4.78, 5) is 55.5. The first kappa shape index (κ1) is 38.7. The van der Waals surface area contributed by atoms with E-state index < -0.39 is 17.9 Å². The van der Waals surface area contributed by atoms with E-state index in [9.17, 15) is 29.7 Å². The number of rotatable bonds is 12. The van der Waals surface area contributed by atoms with Gasteiger partial charge in [-0.05, 0) is 42.8 Å². The van der Waals surface area contributed by atoms with Gasteiger partial charge in [-0.2, -0.15) is 0 Å². The van der Waals surface area contributed by atoms with Gasteiger partial charge in [0.1, 0.15) is 11.4 Å². The van der Waals surface area contributed by atoms with Crippen LogP contribution in [-0.2, 0) is 31.0 Å². The van der Waals surface area contributed by atoms with Crippen molar-refractivity contribution in [2.75, 3.05) is 32.7 Å². The lowest BCUT2D eigenvalue weighted by Gasteiger charge is -2.30. The van der Waals surface area contributed by atoms with E-state index in [0.29, 0.717) is 81.3 Å². The third kappa shape index (κ3) is 13.3. The lowest BCUT2D eigenvalue weighted by Crippen LogP contribution is -2.41. The summed E-state index contributed by atoms with van der Waals surface area (Å²) in [7, 11) is 0. The number of carbonyl (C=O) groups is 3. The van der Waals surface area contributed by atoms with Crippen LogP contribution >= 0.6 is 0 Å². The van der Waals surface area contributed by atoms with E-state index in [-0.39, 0.29) is 17.9 Å². The molecule has 2 bridgehead atoms. The van der Waals surface area contributed by atoms with Crippen LogP contribution in [0.25, 0.3) is 0 Å². The molecule has 1 aliphatic rings. The second kappa shape index (κ2) is 19.9. The lowest BCUT2D eigenvalue weighted by atomic mass is 10.1. The zero-order chi connectivity index (χ0) is 36.6. The number of nitrogens with zero attached hydrogens (tertiary/aromatic N) is 6. The average Bonchev–Trinajstić information content (AvgIpc) is 3.09. The van der Waals surface area contributed by atoms with E-state index in [1.54, 1.807) is 6.07 Å². The van der Waals surface area contributed by atoms with Crippen molar-refractivity contribution in [3.63, 3.8) is 0 Å². The minimum atomic E-state index is -1.14. The van der Waals surface area contributed by atoms with E-state index in [1.807, 2.05) is 36.1 Å². The molecule has 3 aromatic heterocycles. The zero-order valence-electron chi connectivity index (χ0n) is 29.4. The van der Waals surface area contributed by atoms with Crippen LogP contribution in [0.15, 0.2) is 42.5 Å². The molecule has 0 spiro atoms. The first-order valence-electron chi connectivity index (χ1n) is 17.4. The Morgan fingerprint density at radius 1 is 0.686 bits per heavy atom. The largest absolute Gasteiger partial charge is 0.480 e. The lowest BCUT2D eigenvalue weighted by molar-refractivity contribution is -0.138. The molecule has 0 amide bonds. The molecular formula is C39H46N6O6. The molecule has 4 heterocycles. The Balaban J connectivity index is 1.65. The van der Waals surface area contributed by atoms with Gasteiger partial charge in [-0.15, -0.1) is 0 Å². The summed E-state index contributed by atoms with van der Waals surface area (Å²) in [6.45, 7) is 7.25. The van der Waals surface area contributed by atoms with Gasteiger partial charge in [0.2, 0.25) is 0 Å². The molecule has 12 nitrogen and oxygen atoms in total. The van der Waals surface area contributed by atoms with Crippen molar-refractivity contribution in [1.29, 1.82) is 0 Å². The monoisotopic (exact) mass is 694 g/mol. The number of hydrogen-bond acceptors (Lipinski definition) is 9. The number of aromatic carboxylic acids is 2. The van der Waals surface area contributed by atoms with E-state index in [0.717, 1.165) is 43.5 Å². The van der Waals surface area contributed by atoms with Crippen LogP contribution in [0.4, 0.5) is 0 Å². The first-order valence-corrected chi connectivity index (χ1v) is 17.4. The molecule has 268 valence electrons. The predicted octanol–water partition coefficient (Wildman–Crippen LogP) is 4.76. The molecular weight excluding hydrogens is 648 g/mol. The standard InChI is InChI=1S/C39H46N6O6/c1-3-5-7-8-9-10-13-30-21-34(42-36(23-30)39(50)51)27-44-18-16-43(26-33-20-29(12-6-4-2)22-35(41-33)38(48)49)17-19-45(28-37(46)47)25-32-15-11-14-31(24-44)40-32/h11,14-15,20-23H,3-5,7-9,16-19,24-28H2,1-2H3,(H,46,47)(H,48,49)(H,50,51). The van der Waals surface area contributed by atoms with Crippen molar-refractivity contribution in [2.24, 2.45) is 0 Å². The minimum absolute atomic E-state index is 0.0660. The van der Waals surface area contributed by atoms with Crippen molar-refractivity contribution < 1.29 is 29.7 Å². The van der Waals surface area contributed by atoms with Gasteiger partial charge in [0.25, 0.3) is 0 Å². The summed E-state index contributed by atoms with van der Waals surface area (Å²) in [5.41, 5.74) is 3.64. The molecule has 12 heteroatoms. The number of aromatic nitrogens is 3. The molecule has 0 aliphatic carbocycles. The van der Waals surface area contributed by atoms with Gasteiger partial charge in [-0.1, -0.05) is 62.9 Å². The van der Waals surface area contributed by atoms with Crippen molar-refractivity contribution in [2.45, 2.75) is 78.6 Å². The third-order valence-electron chi connectivity index (χ3n) is 8.22. The SMILES string of the molecule is CCC#Cc1cc(CN2CCN(CC(=O)O)Cc3cccc(n3)CN(Cc3cc(C#CCCCCCC)cc(C(=O)O)n3)CC2)nc(C(=O)O)c1. The highest BCUT2D eigenvalue weighted by atomic mass is 16.4. The van der Waals surface area contributed by atoms with Crippen LogP contribution in [0.3, 0.4) is 0 Å². The van der Waals surface area contributed by atoms with Crippen LogP contribution in [-0.4, -0.2) is 95.6 Å². The number of pyridine rings is 3. The summed E-state index contributed by atoms with van der Waals surface area (Å²) in [6, 6.07) is 12.3. The maximum absolute atomic E-state index is 12.0. The Morgan fingerprint density at radius 2 is 1.24 bits per heavy atom. The molecule has 0 saturated carbocycles. The summed E-state index contributed by atoms with van der Waals surface area (Å²) in [5.74, 6) is 9.12. The smallest absolute Gasteiger partial charge is 0.354 e. The number of carboxylic acids is 3. The maximum Gasteiger partial charge on any atom is 0.354 e. The van der Waals surface area contributed by atoms with Crippen LogP contribution in [0.5, 0.6) is 0 Å². The molecule has 0 fully saturated rings. The number of unbranched alkanes of at least 4 members (excludes halogenated alkanes) is 4. The number of aliphatic carboxylic acids is 1. The van der Waals surface area contributed by atoms with Crippen molar-refractivity contribution >= 4 is 17.9 Å². The van der Waals surface area contributed by atoms with Gasteiger partial charge < -0.3 is 15.3 Å². The summed E-state index contributed by atoms with van der Waals surface area (Å²) >= 11 is 0. The highest BCUT2D eigenvalue weighted by molar-refractivity contribution is 5.86. The maximum atomic E-state index is 12.0. The highest BCUT2D eigenvalue weighted by Crippen LogP contribution is 2.16. The molecule has 0 saturated heterocycles. The molecule has 0 aromatic carbocycles. The number of hydrogen-bond donors (Lipinski definition) is 3. The van der Waals surface area contributed by atoms with E-state index >= 15 is 0 Å². The van der Waals surface area contributed by atoms with E-state index in [1.165, 1.54) is 12.1 Å². The fourth-order valence-corrected chi connectivity index (χ4v) is 5.77. The second-order valence-electron chi connectivity index (χ2n) is 12.6. The highest BCUT2D eigenvalue weighted by Gasteiger charge is 2.20. The topological polar surface area (TPSA) is 160 Å². The van der Waals surface area contributed by atoms with Crippen molar-refractivity contribution in [1.82, 2.24) is 29.7 Å². The Hall–Kier alpha value is -5.14. The van der Waals surface area contributed by atoms with E-state index in [2.05, 4.69) is 50.4 Å². The number of carboxylic acid groups (broad SMARTS) is 3. The van der Waals surface area contributed by atoms with Gasteiger partial charge in [0, 0.05) is 76.3 Å². The van der Waals surface area contributed by atoms with Crippen LogP contribution in [0.2, 0.25) is 0 Å². The van der Waals surface area contributed by atoms with E-state index in [4.69, 9.17) is 4.98 Å². The van der Waals surface area contributed by atoms with Gasteiger partial charge in [-0.3, -0.25) is 24.5 Å². The summed E-state index contributed by atoms with van der Waals surface area (Å²) in [5, 5.41) is 29.2. The Labute approximate surface area is 299 Å². The van der Waals surface area contributed by atoms with Crippen LogP contribution in [0, 0.1) is 23.7 Å². The summed E-state index contributed by atoms with van der Waals surface area (Å²) in [6.07, 6.45) is 5.78. The zero-order valence-corrected chi connectivity index (χ0v) is 29.4. The van der Waals surface area contributed by atoms with Crippen molar-refractivity contribution in [3.8, 4) is 23.7 Å². The van der Waals surface area contributed by atoms with Crippen LogP contribution in [0.1, 0.15) is 107 Å². The minimum Gasteiger partial charge on any atom is -0.480 e. The molecule has 3 aromatic rings.